The summed E-state index contributed by atoms with van der Waals surface area (Å²) in [5.41, 5.74) is 9.52. The fraction of sp³-hybridized carbons (Fsp3) is 0.286. The van der Waals surface area contributed by atoms with Gasteiger partial charge in [-0.15, -0.1) is 11.3 Å². The van der Waals surface area contributed by atoms with Gasteiger partial charge in [0.2, 0.25) is 0 Å². The predicted octanol–water partition coefficient (Wildman–Crippen LogP) is 3.84. The Hall–Kier alpha value is -2.22. The number of fused-ring (bicyclic) bond motifs is 1. The van der Waals surface area contributed by atoms with E-state index in [9.17, 15) is 8.42 Å². The largest absolute Gasteiger partial charge is 0.325 e. The van der Waals surface area contributed by atoms with Gasteiger partial charge in [0.25, 0.3) is 10.0 Å². The van der Waals surface area contributed by atoms with Gasteiger partial charge in [0, 0.05) is 29.4 Å². The van der Waals surface area contributed by atoms with Crippen molar-refractivity contribution in [3.05, 3.63) is 64.5 Å². The summed E-state index contributed by atoms with van der Waals surface area (Å²) in [4.78, 5) is 5.03. The number of hydrogen-bond acceptors (Lipinski definition) is 5. The smallest absolute Gasteiger partial charge is 0.264 e. The molecule has 0 atom stereocenters. The second-order valence-corrected chi connectivity index (χ2v) is 10.6. The second-order valence-electron chi connectivity index (χ2n) is 7.78. The van der Waals surface area contributed by atoms with Crippen LogP contribution in [-0.4, -0.2) is 25.5 Å². The Morgan fingerprint density at radius 3 is 2.64 bits per heavy atom. The third-order valence-corrected chi connectivity index (χ3v) is 7.39. The van der Waals surface area contributed by atoms with Crippen molar-refractivity contribution in [2.75, 3.05) is 10.8 Å². The van der Waals surface area contributed by atoms with E-state index < -0.39 is 10.0 Å². The van der Waals surface area contributed by atoms with E-state index in [1.54, 1.807) is 35.6 Å². The Morgan fingerprint density at radius 2 is 1.93 bits per heavy atom. The molecule has 146 valence electrons. The SMILES string of the molecule is CC(C)(N)Cc1nc(-c2ccc3c(c2)CCN3S(=O)(=O)c2ccccc2)cs1. The number of sulfonamides is 1. The van der Waals surface area contributed by atoms with Crippen LogP contribution < -0.4 is 10.0 Å². The maximum Gasteiger partial charge on any atom is 0.264 e. The normalized spacial score (nSPS) is 14.3. The molecule has 5 nitrogen and oxygen atoms in total. The van der Waals surface area contributed by atoms with Gasteiger partial charge in [-0.1, -0.05) is 24.3 Å². The van der Waals surface area contributed by atoms with E-state index >= 15 is 0 Å². The monoisotopic (exact) mass is 413 g/mol. The highest BCUT2D eigenvalue weighted by Gasteiger charge is 2.31. The summed E-state index contributed by atoms with van der Waals surface area (Å²) in [5.74, 6) is 0. The van der Waals surface area contributed by atoms with E-state index in [1.807, 2.05) is 37.4 Å². The molecule has 28 heavy (non-hydrogen) atoms. The van der Waals surface area contributed by atoms with E-state index in [4.69, 9.17) is 10.7 Å². The quantitative estimate of drug-likeness (QED) is 0.689. The Labute approximate surface area is 169 Å². The molecular formula is C21H23N3O2S2. The molecule has 1 aliphatic heterocycles. The lowest BCUT2D eigenvalue weighted by Gasteiger charge is -2.19. The summed E-state index contributed by atoms with van der Waals surface area (Å²) in [6, 6.07) is 14.5. The summed E-state index contributed by atoms with van der Waals surface area (Å²) in [6.45, 7) is 4.44. The zero-order chi connectivity index (χ0) is 19.9. The van der Waals surface area contributed by atoms with Crippen LogP contribution in [0.1, 0.15) is 24.4 Å². The molecule has 4 rings (SSSR count). The van der Waals surface area contributed by atoms with Gasteiger partial charge in [0.05, 0.1) is 21.3 Å². The van der Waals surface area contributed by atoms with Crippen molar-refractivity contribution in [2.45, 2.75) is 37.1 Å². The van der Waals surface area contributed by atoms with Gasteiger partial charge >= 0.3 is 0 Å². The van der Waals surface area contributed by atoms with Crippen LogP contribution in [0.2, 0.25) is 0 Å². The molecular weight excluding hydrogens is 390 g/mol. The number of aromatic nitrogens is 1. The average Bonchev–Trinajstić information content (AvgIpc) is 3.27. The first-order chi connectivity index (χ1) is 13.2. The van der Waals surface area contributed by atoms with Gasteiger partial charge < -0.3 is 5.73 Å². The minimum Gasteiger partial charge on any atom is -0.325 e. The number of thiazole rings is 1. The van der Waals surface area contributed by atoms with Crippen molar-refractivity contribution in [3.8, 4) is 11.3 Å². The predicted molar refractivity (Wildman–Crippen MR) is 114 cm³/mol. The first kappa shape index (κ1) is 19.1. The summed E-state index contributed by atoms with van der Waals surface area (Å²) >= 11 is 1.61. The van der Waals surface area contributed by atoms with E-state index in [2.05, 4.69) is 6.07 Å². The van der Waals surface area contributed by atoms with Gasteiger partial charge in [-0.3, -0.25) is 4.31 Å². The Balaban J connectivity index is 1.63. The van der Waals surface area contributed by atoms with Gasteiger partial charge in [-0.2, -0.15) is 0 Å². The van der Waals surface area contributed by atoms with E-state index in [0.717, 1.165) is 33.9 Å². The highest BCUT2D eigenvalue weighted by atomic mass is 32.2. The van der Waals surface area contributed by atoms with Gasteiger partial charge in [0.15, 0.2) is 0 Å². The van der Waals surface area contributed by atoms with Gasteiger partial charge in [0.1, 0.15) is 0 Å². The summed E-state index contributed by atoms with van der Waals surface area (Å²) in [7, 11) is -3.54. The highest BCUT2D eigenvalue weighted by Crippen LogP contribution is 2.36. The number of nitrogens with zero attached hydrogens (tertiary/aromatic N) is 2. The Kier molecular flexibility index (Phi) is 4.77. The molecule has 0 radical (unpaired) electrons. The number of nitrogens with two attached hydrogens (primary N) is 1. The van der Waals surface area contributed by atoms with Gasteiger partial charge in [-0.25, -0.2) is 13.4 Å². The van der Waals surface area contributed by atoms with Gasteiger partial charge in [-0.05, 0) is 50.1 Å². The van der Waals surface area contributed by atoms with E-state index in [0.29, 0.717) is 17.9 Å². The zero-order valence-electron chi connectivity index (χ0n) is 15.9. The molecule has 3 aromatic rings. The molecule has 0 saturated heterocycles. The van der Waals surface area contributed by atoms with Crippen molar-refractivity contribution in [3.63, 3.8) is 0 Å². The van der Waals surface area contributed by atoms with Crippen molar-refractivity contribution in [1.29, 1.82) is 0 Å². The third kappa shape index (κ3) is 3.70. The summed E-state index contributed by atoms with van der Waals surface area (Å²) in [5, 5.41) is 3.05. The van der Waals surface area contributed by atoms with Crippen LogP contribution in [0, 0.1) is 0 Å². The summed E-state index contributed by atoms with van der Waals surface area (Å²) in [6.07, 6.45) is 1.42. The maximum atomic E-state index is 13.0. The minimum absolute atomic E-state index is 0.292. The van der Waals surface area contributed by atoms with Crippen LogP contribution in [0.25, 0.3) is 11.3 Å². The molecule has 7 heteroatoms. The molecule has 0 unspecified atom stereocenters. The first-order valence-corrected chi connectivity index (χ1v) is 11.5. The van der Waals surface area contributed by atoms with Crippen LogP contribution >= 0.6 is 11.3 Å². The molecule has 0 saturated carbocycles. The lowest BCUT2D eigenvalue weighted by Crippen LogP contribution is -2.34. The first-order valence-electron chi connectivity index (χ1n) is 9.18. The summed E-state index contributed by atoms with van der Waals surface area (Å²) < 4.78 is 27.5. The molecule has 1 aliphatic rings. The van der Waals surface area contributed by atoms with E-state index in [1.165, 1.54) is 4.31 Å². The molecule has 0 amide bonds. The molecule has 2 N–H and O–H groups in total. The fourth-order valence-corrected chi connectivity index (χ4v) is 5.98. The average molecular weight is 414 g/mol. The number of benzene rings is 2. The zero-order valence-corrected chi connectivity index (χ0v) is 17.6. The van der Waals surface area contributed by atoms with Crippen LogP contribution in [0.4, 0.5) is 5.69 Å². The Bertz CT molecular complexity index is 1100. The molecule has 0 aliphatic carbocycles. The standard InChI is InChI=1S/C21H23N3O2S2/c1-21(2,22)13-20-23-18(14-27-20)15-8-9-19-16(12-15)10-11-24(19)28(25,26)17-6-4-3-5-7-17/h3-9,12,14H,10-11,13,22H2,1-2H3. The molecule has 1 aromatic heterocycles. The molecule has 0 bridgehead atoms. The van der Waals surface area contributed by atoms with Crippen LogP contribution in [0.5, 0.6) is 0 Å². The molecule has 2 aromatic carbocycles. The third-order valence-electron chi connectivity index (χ3n) is 4.72. The number of hydrogen-bond donors (Lipinski definition) is 1. The van der Waals surface area contributed by atoms with Crippen molar-refractivity contribution >= 4 is 27.0 Å². The lowest BCUT2D eigenvalue weighted by molar-refractivity contribution is 0.515. The number of rotatable bonds is 5. The second kappa shape index (κ2) is 6.99. The van der Waals surface area contributed by atoms with Crippen LogP contribution in [0.3, 0.4) is 0 Å². The molecule has 0 spiro atoms. The molecule has 0 fully saturated rings. The van der Waals surface area contributed by atoms with Crippen molar-refractivity contribution in [1.82, 2.24) is 4.98 Å². The lowest BCUT2D eigenvalue weighted by atomic mass is 10.0. The maximum absolute atomic E-state index is 13.0. The van der Waals surface area contributed by atoms with Crippen LogP contribution in [-0.2, 0) is 22.9 Å². The fourth-order valence-electron chi connectivity index (χ4n) is 3.41. The van der Waals surface area contributed by atoms with Crippen molar-refractivity contribution < 1.29 is 8.42 Å². The number of anilines is 1. The Morgan fingerprint density at radius 1 is 1.18 bits per heavy atom. The molecule has 2 heterocycles. The van der Waals surface area contributed by atoms with Crippen molar-refractivity contribution in [2.24, 2.45) is 5.73 Å². The highest BCUT2D eigenvalue weighted by molar-refractivity contribution is 7.92. The minimum atomic E-state index is -3.54. The van der Waals surface area contributed by atoms with E-state index in [-0.39, 0.29) is 5.54 Å². The topological polar surface area (TPSA) is 76.3 Å². The van der Waals surface area contributed by atoms with Crippen LogP contribution in [0.15, 0.2) is 58.8 Å².